The van der Waals surface area contributed by atoms with Crippen LogP contribution in [0.1, 0.15) is 49.2 Å². The molecule has 0 aromatic carbocycles. The molecule has 1 saturated heterocycles. The molecule has 19 heavy (non-hydrogen) atoms. The van der Waals surface area contributed by atoms with Crippen LogP contribution in [0, 0.1) is 0 Å². The average molecular weight is 268 g/mol. The minimum atomic E-state index is -0.333. The Balaban J connectivity index is 1.88. The Bertz CT molecular complexity index is 415. The van der Waals surface area contributed by atoms with Crippen molar-refractivity contribution in [1.29, 1.82) is 0 Å². The van der Waals surface area contributed by atoms with E-state index >= 15 is 0 Å². The van der Waals surface area contributed by atoms with Gasteiger partial charge in [-0.3, -0.25) is 4.79 Å². The fourth-order valence-electron chi connectivity index (χ4n) is 1.99. The molecule has 1 aliphatic heterocycles. The standard InChI is InChI=1S/C12H20N4O3/c1-3-18-7-8(2)14-11(17)10-15-12(19-16-10)9-5-4-6-13-9/h8-9,13H,3-7H2,1-2H3,(H,14,17). The van der Waals surface area contributed by atoms with Crippen molar-refractivity contribution in [3.63, 3.8) is 0 Å². The number of ether oxygens (including phenoxy) is 1. The van der Waals surface area contributed by atoms with Crippen LogP contribution in [0.2, 0.25) is 0 Å². The Kier molecular flexibility index (Phi) is 4.86. The zero-order valence-corrected chi connectivity index (χ0v) is 11.3. The normalized spacial score (nSPS) is 20.4. The summed E-state index contributed by atoms with van der Waals surface area (Å²) >= 11 is 0. The second-order valence-electron chi connectivity index (χ2n) is 4.64. The fourth-order valence-corrected chi connectivity index (χ4v) is 1.99. The van der Waals surface area contributed by atoms with Crippen molar-refractivity contribution in [3.05, 3.63) is 11.7 Å². The number of amides is 1. The van der Waals surface area contributed by atoms with Gasteiger partial charge in [0, 0.05) is 12.6 Å². The Hall–Kier alpha value is -1.47. The van der Waals surface area contributed by atoms with Crippen LogP contribution in [0.4, 0.5) is 0 Å². The monoisotopic (exact) mass is 268 g/mol. The molecule has 1 amide bonds. The lowest BCUT2D eigenvalue weighted by molar-refractivity contribution is 0.0859. The van der Waals surface area contributed by atoms with Crippen LogP contribution in [-0.2, 0) is 4.74 Å². The Morgan fingerprint density at radius 2 is 2.53 bits per heavy atom. The minimum absolute atomic E-state index is 0.0760. The topological polar surface area (TPSA) is 89.3 Å². The molecule has 0 spiro atoms. The first kappa shape index (κ1) is 14.0. The maximum absolute atomic E-state index is 11.9. The summed E-state index contributed by atoms with van der Waals surface area (Å²) in [7, 11) is 0. The summed E-state index contributed by atoms with van der Waals surface area (Å²) in [6.45, 7) is 5.82. The summed E-state index contributed by atoms with van der Waals surface area (Å²) < 4.78 is 10.3. The largest absolute Gasteiger partial charge is 0.380 e. The summed E-state index contributed by atoms with van der Waals surface area (Å²) in [5.74, 6) is 0.229. The molecule has 2 heterocycles. The molecule has 0 radical (unpaired) electrons. The first-order valence-electron chi connectivity index (χ1n) is 6.66. The number of nitrogens with zero attached hydrogens (tertiary/aromatic N) is 2. The molecule has 1 fully saturated rings. The zero-order valence-electron chi connectivity index (χ0n) is 11.3. The van der Waals surface area contributed by atoms with Gasteiger partial charge >= 0.3 is 0 Å². The predicted molar refractivity (Wildman–Crippen MR) is 67.7 cm³/mol. The predicted octanol–water partition coefficient (Wildman–Crippen LogP) is 0.649. The number of nitrogens with one attached hydrogen (secondary N) is 2. The van der Waals surface area contributed by atoms with E-state index in [0.29, 0.717) is 19.1 Å². The average Bonchev–Trinajstić information content (AvgIpc) is 3.05. The van der Waals surface area contributed by atoms with Gasteiger partial charge in [0.05, 0.1) is 12.6 Å². The molecule has 0 bridgehead atoms. The molecule has 2 unspecified atom stereocenters. The van der Waals surface area contributed by atoms with E-state index in [2.05, 4.69) is 20.8 Å². The molecule has 0 aliphatic carbocycles. The van der Waals surface area contributed by atoms with E-state index in [1.165, 1.54) is 0 Å². The van der Waals surface area contributed by atoms with E-state index < -0.39 is 0 Å². The fraction of sp³-hybridized carbons (Fsp3) is 0.750. The molecule has 2 rings (SSSR count). The van der Waals surface area contributed by atoms with Gasteiger partial charge in [-0.1, -0.05) is 5.16 Å². The Morgan fingerprint density at radius 3 is 3.21 bits per heavy atom. The van der Waals surface area contributed by atoms with Gasteiger partial charge in [-0.05, 0) is 33.2 Å². The van der Waals surface area contributed by atoms with Crippen LogP contribution in [-0.4, -0.2) is 41.8 Å². The van der Waals surface area contributed by atoms with Crippen molar-refractivity contribution in [2.24, 2.45) is 0 Å². The van der Waals surface area contributed by atoms with Crippen LogP contribution in [0.25, 0.3) is 0 Å². The lowest BCUT2D eigenvalue weighted by Crippen LogP contribution is -2.36. The number of rotatable bonds is 6. The number of aromatic nitrogens is 2. The molecule has 1 aromatic rings. The molecule has 7 nitrogen and oxygen atoms in total. The second-order valence-corrected chi connectivity index (χ2v) is 4.64. The molecule has 0 saturated carbocycles. The highest BCUT2D eigenvalue weighted by Crippen LogP contribution is 2.20. The molecular weight excluding hydrogens is 248 g/mol. The molecule has 2 N–H and O–H groups in total. The van der Waals surface area contributed by atoms with Gasteiger partial charge in [-0.2, -0.15) is 4.98 Å². The SMILES string of the molecule is CCOCC(C)NC(=O)c1noc(C2CCCN2)n1. The number of hydrogen-bond acceptors (Lipinski definition) is 6. The molecule has 1 aliphatic rings. The van der Waals surface area contributed by atoms with E-state index in [-0.39, 0.29) is 23.8 Å². The van der Waals surface area contributed by atoms with Crippen LogP contribution in [0.15, 0.2) is 4.52 Å². The molecule has 1 aromatic heterocycles. The van der Waals surface area contributed by atoms with Gasteiger partial charge in [-0.15, -0.1) is 0 Å². The van der Waals surface area contributed by atoms with Crippen molar-refractivity contribution in [2.75, 3.05) is 19.8 Å². The van der Waals surface area contributed by atoms with Crippen molar-refractivity contribution >= 4 is 5.91 Å². The highest BCUT2D eigenvalue weighted by atomic mass is 16.5. The summed E-state index contributed by atoms with van der Waals surface area (Å²) in [5.41, 5.74) is 0. The van der Waals surface area contributed by atoms with Gasteiger partial charge in [0.25, 0.3) is 11.7 Å². The van der Waals surface area contributed by atoms with Crippen LogP contribution >= 0.6 is 0 Å². The van der Waals surface area contributed by atoms with Gasteiger partial charge in [0.2, 0.25) is 5.89 Å². The third-order valence-electron chi connectivity index (χ3n) is 2.95. The Labute approximate surface area is 112 Å². The minimum Gasteiger partial charge on any atom is -0.380 e. The maximum atomic E-state index is 11.9. The lowest BCUT2D eigenvalue weighted by Gasteiger charge is -2.11. The van der Waals surface area contributed by atoms with Gasteiger partial charge < -0.3 is 19.9 Å². The first-order valence-corrected chi connectivity index (χ1v) is 6.66. The number of hydrogen-bond donors (Lipinski definition) is 2. The number of carbonyl (C=O) groups is 1. The van der Waals surface area contributed by atoms with Crippen LogP contribution in [0.3, 0.4) is 0 Å². The third-order valence-corrected chi connectivity index (χ3v) is 2.95. The molecule has 7 heteroatoms. The molecular formula is C12H20N4O3. The zero-order chi connectivity index (χ0) is 13.7. The Morgan fingerprint density at radius 1 is 1.68 bits per heavy atom. The first-order chi connectivity index (χ1) is 9.20. The summed E-state index contributed by atoms with van der Waals surface area (Å²) in [6.07, 6.45) is 2.05. The van der Waals surface area contributed by atoms with Gasteiger partial charge in [0.1, 0.15) is 0 Å². The summed E-state index contributed by atoms with van der Waals surface area (Å²) in [4.78, 5) is 16.0. The lowest BCUT2D eigenvalue weighted by atomic mass is 10.2. The van der Waals surface area contributed by atoms with E-state index in [9.17, 15) is 4.79 Å². The molecule has 2 atom stereocenters. The van der Waals surface area contributed by atoms with Crippen LogP contribution < -0.4 is 10.6 Å². The van der Waals surface area contributed by atoms with Crippen molar-refractivity contribution in [2.45, 2.75) is 38.8 Å². The van der Waals surface area contributed by atoms with Crippen molar-refractivity contribution < 1.29 is 14.1 Å². The molecule has 106 valence electrons. The smallest absolute Gasteiger partial charge is 0.292 e. The highest BCUT2D eigenvalue weighted by molar-refractivity contribution is 5.90. The number of carbonyl (C=O) groups excluding carboxylic acids is 1. The van der Waals surface area contributed by atoms with Crippen molar-refractivity contribution in [3.8, 4) is 0 Å². The highest BCUT2D eigenvalue weighted by Gasteiger charge is 2.24. The maximum Gasteiger partial charge on any atom is 0.292 e. The second kappa shape index (κ2) is 6.63. The van der Waals surface area contributed by atoms with E-state index in [1.54, 1.807) is 0 Å². The van der Waals surface area contributed by atoms with Gasteiger partial charge in [0.15, 0.2) is 0 Å². The summed E-state index contributed by atoms with van der Waals surface area (Å²) in [5, 5.41) is 9.73. The van der Waals surface area contributed by atoms with E-state index in [0.717, 1.165) is 19.4 Å². The van der Waals surface area contributed by atoms with Gasteiger partial charge in [-0.25, -0.2) is 0 Å². The van der Waals surface area contributed by atoms with E-state index in [1.807, 2.05) is 13.8 Å². The van der Waals surface area contributed by atoms with E-state index in [4.69, 9.17) is 9.26 Å². The quantitative estimate of drug-likeness (QED) is 0.787. The third kappa shape index (κ3) is 3.74. The summed E-state index contributed by atoms with van der Waals surface area (Å²) in [6, 6.07) is -0.00564. The van der Waals surface area contributed by atoms with Crippen LogP contribution in [0.5, 0.6) is 0 Å². The van der Waals surface area contributed by atoms with Crippen molar-refractivity contribution in [1.82, 2.24) is 20.8 Å².